The lowest BCUT2D eigenvalue weighted by Gasteiger charge is -2.12. The molecule has 0 aliphatic carbocycles. The van der Waals surface area contributed by atoms with Gasteiger partial charge in [0.1, 0.15) is 5.69 Å². The molecule has 0 atom stereocenters. The van der Waals surface area contributed by atoms with Crippen LogP contribution < -0.4 is 5.32 Å². The molecule has 2 heterocycles. The number of rotatable bonds is 5. The summed E-state index contributed by atoms with van der Waals surface area (Å²) in [5.74, 6) is -0.423. The molecular weight excluding hydrogens is 391 g/mol. The first kappa shape index (κ1) is 19.9. The normalized spacial score (nSPS) is 11.5. The van der Waals surface area contributed by atoms with Crippen molar-refractivity contribution in [1.82, 2.24) is 9.97 Å². The number of H-pyrrole nitrogens is 1. The van der Waals surface area contributed by atoms with Crippen LogP contribution in [0.1, 0.15) is 34.1 Å². The molecule has 0 saturated heterocycles. The smallest absolute Gasteiger partial charge is 0.418 e. The zero-order valence-corrected chi connectivity index (χ0v) is 16.2. The van der Waals surface area contributed by atoms with Crippen LogP contribution in [0.3, 0.4) is 0 Å². The highest BCUT2D eigenvalue weighted by atomic mass is 32.1. The van der Waals surface area contributed by atoms with Gasteiger partial charge in [-0.3, -0.25) is 0 Å². The third-order valence-electron chi connectivity index (χ3n) is 4.15. The quantitative estimate of drug-likeness (QED) is 0.531. The Labute approximate surface area is 163 Å². The largest absolute Gasteiger partial charge is 0.462 e. The van der Waals surface area contributed by atoms with Gasteiger partial charge >= 0.3 is 12.1 Å². The highest BCUT2D eigenvalue weighted by Crippen LogP contribution is 2.37. The Hall–Kier alpha value is -2.81. The third-order valence-corrected chi connectivity index (χ3v) is 4.91. The van der Waals surface area contributed by atoms with Crippen LogP contribution in [0.5, 0.6) is 0 Å². The summed E-state index contributed by atoms with van der Waals surface area (Å²) < 4.78 is 44.5. The summed E-state index contributed by atoms with van der Waals surface area (Å²) in [7, 11) is 0. The van der Waals surface area contributed by atoms with Crippen molar-refractivity contribution in [3.05, 3.63) is 52.0 Å². The lowest BCUT2D eigenvalue weighted by molar-refractivity contribution is -0.136. The number of carbonyl (C=O) groups excluding carboxylic acids is 1. The Morgan fingerprint density at radius 2 is 2.00 bits per heavy atom. The number of halogens is 3. The number of benzene rings is 1. The number of alkyl halides is 3. The Balaban J connectivity index is 1.91. The van der Waals surface area contributed by atoms with Crippen molar-refractivity contribution in [2.75, 3.05) is 11.9 Å². The number of nitrogens with zero attached hydrogens (tertiary/aromatic N) is 1. The van der Waals surface area contributed by atoms with Crippen LogP contribution in [0.25, 0.3) is 11.4 Å². The number of ether oxygens (including phenoxy) is 1. The molecule has 0 unspecified atom stereocenters. The van der Waals surface area contributed by atoms with Crippen LogP contribution in [-0.4, -0.2) is 22.5 Å². The zero-order chi connectivity index (χ0) is 20.5. The zero-order valence-electron chi connectivity index (χ0n) is 15.4. The second-order valence-electron chi connectivity index (χ2n) is 6.05. The maximum absolute atomic E-state index is 13.2. The van der Waals surface area contributed by atoms with Crippen molar-refractivity contribution in [2.45, 2.75) is 26.9 Å². The molecule has 3 aromatic rings. The Kier molecular flexibility index (Phi) is 5.46. The number of hydrogen-bond acceptors (Lipinski definition) is 5. The van der Waals surface area contributed by atoms with Gasteiger partial charge in [-0.25, -0.2) is 9.78 Å². The van der Waals surface area contributed by atoms with Crippen LogP contribution in [0.15, 0.2) is 29.6 Å². The number of hydrogen-bond donors (Lipinski definition) is 2. The van der Waals surface area contributed by atoms with E-state index in [1.54, 1.807) is 26.2 Å². The van der Waals surface area contributed by atoms with Gasteiger partial charge in [-0.05, 0) is 38.5 Å². The summed E-state index contributed by atoms with van der Waals surface area (Å²) in [6.45, 7) is 5.53. The Morgan fingerprint density at radius 1 is 1.29 bits per heavy atom. The molecule has 0 aliphatic rings. The molecule has 0 spiro atoms. The van der Waals surface area contributed by atoms with E-state index in [1.807, 2.05) is 0 Å². The number of aryl methyl sites for hydroxylation is 1. The molecular formula is C19H18F3N3O2S. The number of nitrogens with one attached hydrogen (secondary N) is 2. The summed E-state index contributed by atoms with van der Waals surface area (Å²) in [5.41, 5.74) is 2.12. The molecule has 0 aliphatic heterocycles. The molecule has 0 radical (unpaired) electrons. The molecule has 28 heavy (non-hydrogen) atoms. The first-order valence-corrected chi connectivity index (χ1v) is 9.35. The second kappa shape index (κ2) is 7.67. The predicted molar refractivity (Wildman–Crippen MR) is 102 cm³/mol. The summed E-state index contributed by atoms with van der Waals surface area (Å²) in [6, 6.07) is 5.23. The lowest BCUT2D eigenvalue weighted by atomic mass is 10.1. The number of carbonyl (C=O) groups is 1. The minimum Gasteiger partial charge on any atom is -0.462 e. The standard InChI is InChI=1S/C19H18F3N3O2S/c1-4-27-17(26)15-10(2)16(23-11(15)3)14-9-28-18(25-14)24-13-8-6-5-7-12(13)19(20,21)22/h5-9,23H,4H2,1-3H3,(H,24,25). The van der Waals surface area contributed by atoms with E-state index in [-0.39, 0.29) is 12.3 Å². The second-order valence-corrected chi connectivity index (χ2v) is 6.91. The highest BCUT2D eigenvalue weighted by Gasteiger charge is 2.33. The molecule has 9 heteroatoms. The minimum absolute atomic E-state index is 0.0671. The van der Waals surface area contributed by atoms with E-state index in [0.717, 1.165) is 6.07 Å². The SMILES string of the molecule is CCOC(=O)c1c(C)[nH]c(-c2csc(Nc3ccccc3C(F)(F)F)n2)c1C. The van der Waals surface area contributed by atoms with Gasteiger partial charge in [0.25, 0.3) is 0 Å². The van der Waals surface area contributed by atoms with Gasteiger partial charge in [-0.15, -0.1) is 11.3 Å². The molecule has 2 N–H and O–H groups in total. The van der Waals surface area contributed by atoms with Gasteiger partial charge in [-0.1, -0.05) is 12.1 Å². The Bertz CT molecular complexity index is 1010. The molecule has 0 saturated carbocycles. The van der Waals surface area contributed by atoms with Crippen molar-refractivity contribution in [3.63, 3.8) is 0 Å². The fourth-order valence-corrected chi connectivity index (χ4v) is 3.63. The molecule has 148 valence electrons. The van der Waals surface area contributed by atoms with E-state index in [2.05, 4.69) is 15.3 Å². The van der Waals surface area contributed by atoms with Gasteiger partial charge in [-0.2, -0.15) is 13.2 Å². The maximum atomic E-state index is 13.2. The van der Waals surface area contributed by atoms with E-state index in [4.69, 9.17) is 4.74 Å². The monoisotopic (exact) mass is 409 g/mol. The summed E-state index contributed by atoms with van der Waals surface area (Å²) in [4.78, 5) is 19.6. The van der Waals surface area contributed by atoms with Crippen LogP contribution in [0, 0.1) is 13.8 Å². The van der Waals surface area contributed by atoms with Crippen molar-refractivity contribution in [3.8, 4) is 11.4 Å². The van der Waals surface area contributed by atoms with E-state index in [9.17, 15) is 18.0 Å². The molecule has 0 amide bonds. The topological polar surface area (TPSA) is 67.0 Å². The summed E-state index contributed by atoms with van der Waals surface area (Å²) >= 11 is 1.18. The van der Waals surface area contributed by atoms with E-state index < -0.39 is 17.7 Å². The van der Waals surface area contributed by atoms with E-state index in [1.165, 1.54) is 29.5 Å². The van der Waals surface area contributed by atoms with Crippen molar-refractivity contribution >= 4 is 28.1 Å². The van der Waals surface area contributed by atoms with Crippen LogP contribution in [0.2, 0.25) is 0 Å². The minimum atomic E-state index is -4.47. The fourth-order valence-electron chi connectivity index (χ4n) is 2.92. The maximum Gasteiger partial charge on any atom is 0.418 e. The van der Waals surface area contributed by atoms with E-state index >= 15 is 0 Å². The summed E-state index contributed by atoms with van der Waals surface area (Å²) in [6.07, 6.45) is -4.47. The number of para-hydroxylation sites is 1. The number of aromatic nitrogens is 2. The third kappa shape index (κ3) is 3.89. The van der Waals surface area contributed by atoms with Crippen molar-refractivity contribution in [2.24, 2.45) is 0 Å². The van der Waals surface area contributed by atoms with Crippen LogP contribution in [-0.2, 0) is 10.9 Å². The van der Waals surface area contributed by atoms with Crippen LogP contribution in [0.4, 0.5) is 24.0 Å². The van der Waals surface area contributed by atoms with Crippen molar-refractivity contribution in [1.29, 1.82) is 0 Å². The molecule has 1 aromatic carbocycles. The average Bonchev–Trinajstić information content (AvgIpc) is 3.18. The molecule has 5 nitrogen and oxygen atoms in total. The molecule has 2 aromatic heterocycles. The summed E-state index contributed by atoms with van der Waals surface area (Å²) in [5, 5.41) is 4.76. The molecule has 0 bridgehead atoms. The highest BCUT2D eigenvalue weighted by molar-refractivity contribution is 7.14. The van der Waals surface area contributed by atoms with E-state index in [0.29, 0.717) is 33.3 Å². The van der Waals surface area contributed by atoms with Crippen molar-refractivity contribution < 1.29 is 22.7 Å². The first-order valence-electron chi connectivity index (χ1n) is 8.47. The average molecular weight is 409 g/mol. The Morgan fingerprint density at radius 3 is 2.68 bits per heavy atom. The number of anilines is 2. The fraction of sp³-hybridized carbons (Fsp3) is 0.263. The van der Waals surface area contributed by atoms with Gasteiger partial charge < -0.3 is 15.0 Å². The number of thiazole rings is 1. The van der Waals surface area contributed by atoms with Gasteiger partial charge in [0.15, 0.2) is 5.13 Å². The number of aromatic amines is 1. The van der Waals surface area contributed by atoms with Gasteiger partial charge in [0, 0.05) is 11.1 Å². The lowest BCUT2D eigenvalue weighted by Crippen LogP contribution is -2.08. The number of esters is 1. The first-order chi connectivity index (χ1) is 13.2. The van der Waals surface area contributed by atoms with Crippen LogP contribution >= 0.6 is 11.3 Å². The molecule has 3 rings (SSSR count). The predicted octanol–water partition coefficient (Wildman–Crippen LogP) is 5.69. The van der Waals surface area contributed by atoms with Gasteiger partial charge in [0.2, 0.25) is 0 Å². The van der Waals surface area contributed by atoms with Gasteiger partial charge in [0.05, 0.1) is 29.1 Å². The molecule has 0 fully saturated rings.